The summed E-state index contributed by atoms with van der Waals surface area (Å²) in [5, 5.41) is 0. The highest BCUT2D eigenvalue weighted by Crippen LogP contribution is 2.54. The molecule has 0 aromatic carbocycles. The van der Waals surface area contributed by atoms with Crippen molar-refractivity contribution in [2.45, 2.75) is 45.2 Å². The Balaban J connectivity index is 2.02. The van der Waals surface area contributed by atoms with Gasteiger partial charge in [-0.05, 0) is 43.8 Å². The van der Waals surface area contributed by atoms with E-state index in [-0.39, 0.29) is 29.2 Å². The summed E-state index contributed by atoms with van der Waals surface area (Å²) in [5.41, 5.74) is -1.29. The van der Waals surface area contributed by atoms with Crippen LogP contribution in [0.5, 0.6) is 0 Å². The molecule has 31 heavy (non-hydrogen) atoms. The number of allylic oxidation sites excluding steroid dienone is 2. The Morgan fingerprint density at radius 2 is 1.77 bits per heavy atom. The van der Waals surface area contributed by atoms with E-state index in [2.05, 4.69) is 0 Å². The second-order valence-electron chi connectivity index (χ2n) is 8.78. The predicted molar refractivity (Wildman–Crippen MR) is 105 cm³/mol. The molecule has 2 atom stereocenters. The van der Waals surface area contributed by atoms with Gasteiger partial charge in [0, 0.05) is 25.0 Å². The molecule has 0 amide bonds. The maximum Gasteiger partial charge on any atom is 0.411 e. The Kier molecular flexibility index (Phi) is 6.36. The molecule has 0 spiro atoms. The van der Waals surface area contributed by atoms with Gasteiger partial charge in [-0.15, -0.1) is 0 Å². The number of Topliss-reactive ketones (excluding diaryl/α,β-unsaturated/α-hetero) is 3. The number of carbonyl (C=O) groups excluding carboxylic acids is 3. The zero-order valence-electron chi connectivity index (χ0n) is 17.3. The number of ether oxygens (including phenoxy) is 1. The van der Waals surface area contributed by atoms with Crippen molar-refractivity contribution in [3.63, 3.8) is 0 Å². The van der Waals surface area contributed by atoms with Crippen LogP contribution >= 0.6 is 0 Å². The van der Waals surface area contributed by atoms with E-state index in [4.69, 9.17) is 4.74 Å². The van der Waals surface area contributed by atoms with Crippen molar-refractivity contribution in [1.29, 1.82) is 0 Å². The fourth-order valence-corrected chi connectivity index (χ4v) is 5.70. The summed E-state index contributed by atoms with van der Waals surface area (Å²) in [6, 6.07) is 0. The topological polar surface area (TPSA) is 94.6 Å². The number of hydrogen-bond acceptors (Lipinski definition) is 6. The number of sulfone groups is 1. The third-order valence-corrected chi connectivity index (χ3v) is 7.42. The van der Waals surface area contributed by atoms with Crippen molar-refractivity contribution in [3.8, 4) is 0 Å². The molecule has 2 unspecified atom stereocenters. The lowest BCUT2D eigenvalue weighted by Gasteiger charge is -2.41. The fraction of sp³-hybridized carbons (Fsp3) is 0.667. The van der Waals surface area contributed by atoms with Crippen LogP contribution in [0.4, 0.5) is 13.2 Å². The van der Waals surface area contributed by atoms with Crippen LogP contribution in [0.15, 0.2) is 22.6 Å². The van der Waals surface area contributed by atoms with Gasteiger partial charge in [0.2, 0.25) is 0 Å². The van der Waals surface area contributed by atoms with Gasteiger partial charge in [0.25, 0.3) is 0 Å². The van der Waals surface area contributed by atoms with Gasteiger partial charge in [-0.2, -0.15) is 13.2 Å². The first-order chi connectivity index (χ1) is 14.3. The van der Waals surface area contributed by atoms with Gasteiger partial charge in [0.1, 0.15) is 12.5 Å². The second kappa shape index (κ2) is 8.27. The van der Waals surface area contributed by atoms with Crippen molar-refractivity contribution < 1.29 is 40.7 Å². The molecule has 3 aliphatic carbocycles. The van der Waals surface area contributed by atoms with Crippen LogP contribution in [0.3, 0.4) is 0 Å². The van der Waals surface area contributed by atoms with Gasteiger partial charge in [0.05, 0.1) is 16.9 Å². The van der Waals surface area contributed by atoms with E-state index >= 15 is 0 Å². The Bertz CT molecular complexity index is 942. The van der Waals surface area contributed by atoms with Crippen LogP contribution in [0.1, 0.15) is 39.0 Å². The third-order valence-electron chi connectivity index (χ3n) is 6.22. The summed E-state index contributed by atoms with van der Waals surface area (Å²) in [5.74, 6) is -3.85. The lowest BCUT2D eigenvalue weighted by Crippen LogP contribution is -2.48. The van der Waals surface area contributed by atoms with Crippen molar-refractivity contribution in [2.24, 2.45) is 23.2 Å². The van der Waals surface area contributed by atoms with Crippen molar-refractivity contribution in [3.05, 3.63) is 22.6 Å². The maximum absolute atomic E-state index is 13.5. The highest BCUT2D eigenvalue weighted by Gasteiger charge is 2.55. The first-order valence-corrected chi connectivity index (χ1v) is 12.0. The molecule has 6 nitrogen and oxygen atoms in total. The van der Waals surface area contributed by atoms with Gasteiger partial charge in [-0.25, -0.2) is 8.42 Å². The van der Waals surface area contributed by atoms with E-state index in [1.54, 1.807) is 0 Å². The lowest BCUT2D eigenvalue weighted by atomic mass is 9.61. The largest absolute Gasteiger partial charge is 0.411 e. The Morgan fingerprint density at radius 3 is 2.26 bits per heavy atom. The molecule has 0 bridgehead atoms. The van der Waals surface area contributed by atoms with Crippen molar-refractivity contribution >= 4 is 27.2 Å². The van der Waals surface area contributed by atoms with E-state index < -0.39 is 63.8 Å². The Labute approximate surface area is 178 Å². The smallest absolute Gasteiger partial charge is 0.368 e. The summed E-state index contributed by atoms with van der Waals surface area (Å²) >= 11 is 0. The number of alkyl halides is 3. The average molecular weight is 462 g/mol. The molecule has 0 aliphatic heterocycles. The third kappa shape index (κ3) is 5.00. The van der Waals surface area contributed by atoms with Crippen LogP contribution in [0.2, 0.25) is 0 Å². The molecule has 2 saturated carbocycles. The summed E-state index contributed by atoms with van der Waals surface area (Å²) in [7, 11) is -3.82. The van der Waals surface area contributed by atoms with Gasteiger partial charge >= 0.3 is 6.18 Å². The highest BCUT2D eigenvalue weighted by atomic mass is 32.2. The summed E-state index contributed by atoms with van der Waals surface area (Å²) < 4.78 is 67.4. The molecule has 0 radical (unpaired) electrons. The Hall–Kier alpha value is -1.81. The quantitative estimate of drug-likeness (QED) is 0.540. The molecule has 0 saturated heterocycles. The molecule has 3 aliphatic rings. The van der Waals surface area contributed by atoms with Gasteiger partial charge < -0.3 is 4.74 Å². The van der Waals surface area contributed by atoms with E-state index in [1.807, 2.05) is 0 Å². The van der Waals surface area contributed by atoms with E-state index in [1.165, 1.54) is 19.1 Å². The molecule has 0 N–H and O–H groups in total. The predicted octanol–water partition coefficient (Wildman–Crippen LogP) is 2.97. The van der Waals surface area contributed by atoms with Crippen LogP contribution in [-0.4, -0.2) is 51.4 Å². The SMILES string of the molecule is CC1(C(=O)C2C(=O)CCCC2=O)C=CC(S(C)(=O)=O)=C(COCC(F)(F)F)C1C1CC1. The number of halogens is 3. The van der Waals surface area contributed by atoms with Gasteiger partial charge in [0.15, 0.2) is 27.2 Å². The summed E-state index contributed by atoms with van der Waals surface area (Å²) in [6.07, 6.45) is 0.887. The minimum Gasteiger partial charge on any atom is -0.368 e. The van der Waals surface area contributed by atoms with Crippen LogP contribution in [-0.2, 0) is 29.0 Å². The van der Waals surface area contributed by atoms with Gasteiger partial charge in [-0.3, -0.25) is 14.4 Å². The van der Waals surface area contributed by atoms with Crippen LogP contribution in [0, 0.1) is 23.2 Å². The van der Waals surface area contributed by atoms with Crippen molar-refractivity contribution in [1.82, 2.24) is 0 Å². The molecule has 172 valence electrons. The molecule has 10 heteroatoms. The van der Waals surface area contributed by atoms with Crippen LogP contribution in [0.25, 0.3) is 0 Å². The minimum absolute atomic E-state index is 0.100. The minimum atomic E-state index is -4.59. The molecule has 0 aromatic rings. The first-order valence-electron chi connectivity index (χ1n) is 10.1. The van der Waals surface area contributed by atoms with E-state index in [9.17, 15) is 36.0 Å². The summed E-state index contributed by atoms with van der Waals surface area (Å²) in [6.45, 7) is -0.630. The molecular formula is C21H25F3O6S. The standard InChI is InChI=1S/C21H25F3O6S/c1-20(19(27)17-14(25)4-3-5-15(17)26)9-8-16(31(2,28)29)13(18(20)12-6-7-12)10-30-11-21(22,23)24/h8-9,12,17-18H,3-7,10-11H2,1-2H3. The highest BCUT2D eigenvalue weighted by molar-refractivity contribution is 7.94. The normalized spacial score (nSPS) is 28.4. The molecule has 2 fully saturated rings. The molecular weight excluding hydrogens is 437 g/mol. The zero-order chi connectivity index (χ0) is 23.2. The maximum atomic E-state index is 13.5. The fourth-order valence-electron chi connectivity index (χ4n) is 4.72. The number of ketones is 3. The second-order valence-corrected chi connectivity index (χ2v) is 10.8. The van der Waals surface area contributed by atoms with Crippen molar-refractivity contribution in [2.75, 3.05) is 19.5 Å². The van der Waals surface area contributed by atoms with Gasteiger partial charge in [-0.1, -0.05) is 6.08 Å². The Morgan fingerprint density at radius 1 is 1.19 bits per heavy atom. The summed E-state index contributed by atoms with van der Waals surface area (Å²) in [4.78, 5) is 38.1. The zero-order valence-corrected chi connectivity index (χ0v) is 18.1. The van der Waals surface area contributed by atoms with E-state index in [0.717, 1.165) is 6.26 Å². The molecule has 0 aromatic heterocycles. The number of rotatable bonds is 7. The monoisotopic (exact) mass is 462 g/mol. The number of carbonyl (C=O) groups is 3. The molecule has 3 rings (SSSR count). The van der Waals surface area contributed by atoms with Crippen LogP contribution < -0.4 is 0 Å². The lowest BCUT2D eigenvalue weighted by molar-refractivity contribution is -0.172. The molecule has 0 heterocycles. The number of hydrogen-bond donors (Lipinski definition) is 0. The average Bonchev–Trinajstić information content (AvgIpc) is 3.44. The van der Waals surface area contributed by atoms with E-state index in [0.29, 0.717) is 19.3 Å². The first kappa shape index (κ1) is 23.8.